The van der Waals surface area contributed by atoms with Crippen molar-refractivity contribution in [2.75, 3.05) is 24.0 Å². The van der Waals surface area contributed by atoms with E-state index in [4.69, 9.17) is 0 Å². The van der Waals surface area contributed by atoms with Crippen LogP contribution in [0.25, 0.3) is 0 Å². The van der Waals surface area contributed by atoms with Gasteiger partial charge in [0, 0.05) is 30.1 Å². The first-order valence-electron chi connectivity index (χ1n) is 5.75. The number of hydrogen-bond acceptors (Lipinski definition) is 3. The van der Waals surface area contributed by atoms with Crippen LogP contribution in [-0.4, -0.2) is 30.2 Å². The topological polar surface area (TPSA) is 23.5 Å². The molecule has 4 heteroatoms. The average molecular weight is 257 g/mol. The second-order valence-electron chi connectivity index (χ2n) is 4.06. The van der Waals surface area contributed by atoms with Crippen molar-refractivity contribution in [3.63, 3.8) is 0 Å². The largest absolute Gasteiger partial charge is 0.392 e. The van der Waals surface area contributed by atoms with Gasteiger partial charge < -0.3 is 10.0 Å². The van der Waals surface area contributed by atoms with E-state index in [1.54, 1.807) is 17.8 Å². The fourth-order valence-electron chi connectivity index (χ4n) is 1.92. The molecule has 1 N–H and O–H groups in total. The minimum absolute atomic E-state index is 0.132. The van der Waals surface area contributed by atoms with Gasteiger partial charge in [-0.15, -0.1) is 0 Å². The molecule has 0 amide bonds. The Morgan fingerprint density at radius 2 is 2.18 bits per heavy atom. The van der Waals surface area contributed by atoms with Crippen LogP contribution in [-0.2, 0) is 6.61 Å². The Hall–Kier alpha value is -0.740. The van der Waals surface area contributed by atoms with Gasteiger partial charge in [0.25, 0.3) is 0 Å². The molecule has 1 rings (SSSR count). The molecule has 17 heavy (non-hydrogen) atoms. The lowest BCUT2D eigenvalue weighted by Gasteiger charge is -2.30. The van der Waals surface area contributed by atoms with E-state index in [0.29, 0.717) is 11.6 Å². The smallest absolute Gasteiger partial charge is 0.123 e. The summed E-state index contributed by atoms with van der Waals surface area (Å²) in [6.07, 6.45) is 3.10. The van der Waals surface area contributed by atoms with Crippen LogP contribution in [0, 0.1) is 5.82 Å². The van der Waals surface area contributed by atoms with Crippen molar-refractivity contribution in [1.29, 1.82) is 0 Å². The summed E-state index contributed by atoms with van der Waals surface area (Å²) in [5.41, 5.74) is 1.56. The molecule has 0 radical (unpaired) electrons. The lowest BCUT2D eigenvalue weighted by molar-refractivity contribution is 0.281. The van der Waals surface area contributed by atoms with Crippen LogP contribution in [0.15, 0.2) is 18.2 Å². The molecule has 0 aliphatic carbocycles. The molecule has 0 bridgehead atoms. The van der Waals surface area contributed by atoms with Crippen LogP contribution in [0.5, 0.6) is 0 Å². The molecule has 96 valence electrons. The van der Waals surface area contributed by atoms with Gasteiger partial charge in [-0.3, -0.25) is 0 Å². The Balaban J connectivity index is 2.97. The van der Waals surface area contributed by atoms with Gasteiger partial charge in [-0.05, 0) is 30.9 Å². The molecule has 1 aromatic rings. The highest BCUT2D eigenvalue weighted by atomic mass is 32.2. The fourth-order valence-corrected chi connectivity index (χ4v) is 2.76. The van der Waals surface area contributed by atoms with E-state index in [-0.39, 0.29) is 12.4 Å². The first kappa shape index (κ1) is 14.3. The SMILES string of the molecule is CCC(CSC)N(C)c1ccc(F)cc1CO. The summed E-state index contributed by atoms with van der Waals surface area (Å²) in [5.74, 6) is 0.721. The van der Waals surface area contributed by atoms with E-state index in [0.717, 1.165) is 17.9 Å². The molecule has 0 aliphatic rings. The van der Waals surface area contributed by atoms with Crippen LogP contribution >= 0.6 is 11.8 Å². The van der Waals surface area contributed by atoms with Gasteiger partial charge in [0.2, 0.25) is 0 Å². The molecular formula is C13H20FNOS. The van der Waals surface area contributed by atoms with Crippen molar-refractivity contribution in [3.05, 3.63) is 29.6 Å². The Labute approximate surface area is 107 Å². The van der Waals surface area contributed by atoms with Crippen molar-refractivity contribution in [1.82, 2.24) is 0 Å². The molecule has 1 unspecified atom stereocenters. The van der Waals surface area contributed by atoms with Crippen LogP contribution in [0.4, 0.5) is 10.1 Å². The molecular weight excluding hydrogens is 237 g/mol. The molecule has 0 spiro atoms. The third-order valence-corrected chi connectivity index (χ3v) is 3.69. The molecule has 0 fully saturated rings. The average Bonchev–Trinajstić information content (AvgIpc) is 2.34. The predicted octanol–water partition coefficient (Wildman–Crippen LogP) is 2.90. The quantitative estimate of drug-likeness (QED) is 0.847. The summed E-state index contributed by atoms with van der Waals surface area (Å²) in [6, 6.07) is 4.99. The molecule has 0 aliphatic heterocycles. The maximum absolute atomic E-state index is 13.1. The molecule has 0 aromatic heterocycles. The summed E-state index contributed by atoms with van der Waals surface area (Å²) >= 11 is 1.80. The number of benzene rings is 1. The Bertz CT molecular complexity index is 359. The number of aliphatic hydroxyl groups excluding tert-OH is 1. The lowest BCUT2D eigenvalue weighted by atomic mass is 10.1. The van der Waals surface area contributed by atoms with Crippen molar-refractivity contribution in [3.8, 4) is 0 Å². The summed E-state index contributed by atoms with van der Waals surface area (Å²) in [7, 11) is 2.00. The molecule has 1 aromatic carbocycles. The van der Waals surface area contributed by atoms with Crippen molar-refractivity contribution < 1.29 is 9.50 Å². The standard InChI is InChI=1S/C13H20FNOS/c1-4-12(9-17-3)15(2)13-6-5-11(14)7-10(13)8-16/h5-7,12,16H,4,8-9H2,1-3H3. The zero-order valence-electron chi connectivity index (χ0n) is 10.6. The Morgan fingerprint density at radius 1 is 1.47 bits per heavy atom. The molecule has 1 atom stereocenters. The van der Waals surface area contributed by atoms with Crippen LogP contribution in [0.3, 0.4) is 0 Å². The number of nitrogens with zero attached hydrogens (tertiary/aromatic N) is 1. The minimum atomic E-state index is -0.302. The normalized spacial score (nSPS) is 12.5. The second kappa shape index (κ2) is 6.87. The first-order chi connectivity index (χ1) is 8.13. The van der Waals surface area contributed by atoms with E-state index < -0.39 is 0 Å². The zero-order valence-corrected chi connectivity index (χ0v) is 11.4. The highest BCUT2D eigenvalue weighted by molar-refractivity contribution is 7.98. The van der Waals surface area contributed by atoms with E-state index in [1.807, 2.05) is 7.05 Å². The summed E-state index contributed by atoms with van der Waals surface area (Å²) < 4.78 is 13.1. The number of hydrogen-bond donors (Lipinski definition) is 1. The van der Waals surface area contributed by atoms with Crippen molar-refractivity contribution in [2.24, 2.45) is 0 Å². The second-order valence-corrected chi connectivity index (χ2v) is 4.97. The van der Waals surface area contributed by atoms with E-state index in [9.17, 15) is 9.50 Å². The Morgan fingerprint density at radius 3 is 2.71 bits per heavy atom. The highest BCUT2D eigenvalue weighted by Gasteiger charge is 2.15. The van der Waals surface area contributed by atoms with Gasteiger partial charge in [0.15, 0.2) is 0 Å². The van der Waals surface area contributed by atoms with Gasteiger partial charge in [-0.2, -0.15) is 11.8 Å². The van der Waals surface area contributed by atoms with Gasteiger partial charge in [-0.25, -0.2) is 4.39 Å². The predicted molar refractivity (Wildman–Crippen MR) is 73.2 cm³/mol. The van der Waals surface area contributed by atoms with Crippen LogP contribution < -0.4 is 4.90 Å². The van der Waals surface area contributed by atoms with Gasteiger partial charge in [0.05, 0.1) is 6.61 Å². The zero-order chi connectivity index (χ0) is 12.8. The summed E-state index contributed by atoms with van der Waals surface area (Å²) in [5, 5.41) is 9.28. The lowest BCUT2D eigenvalue weighted by Crippen LogP contribution is -2.33. The Kier molecular flexibility index (Phi) is 5.78. The van der Waals surface area contributed by atoms with Crippen molar-refractivity contribution in [2.45, 2.75) is 26.0 Å². The number of halogens is 1. The molecule has 0 saturated heterocycles. The number of thioether (sulfide) groups is 1. The molecule has 2 nitrogen and oxygen atoms in total. The number of anilines is 1. The van der Waals surface area contributed by atoms with Crippen LogP contribution in [0.2, 0.25) is 0 Å². The molecule has 0 heterocycles. The van der Waals surface area contributed by atoms with Gasteiger partial charge >= 0.3 is 0 Å². The fraction of sp³-hybridized carbons (Fsp3) is 0.538. The third-order valence-electron chi connectivity index (χ3n) is 2.97. The first-order valence-corrected chi connectivity index (χ1v) is 7.14. The van der Waals surface area contributed by atoms with E-state index >= 15 is 0 Å². The van der Waals surface area contributed by atoms with Gasteiger partial charge in [-0.1, -0.05) is 6.92 Å². The van der Waals surface area contributed by atoms with Gasteiger partial charge in [0.1, 0.15) is 5.82 Å². The monoisotopic (exact) mass is 257 g/mol. The van der Waals surface area contributed by atoms with Crippen LogP contribution in [0.1, 0.15) is 18.9 Å². The summed E-state index contributed by atoms with van der Waals surface area (Å²) in [4.78, 5) is 2.13. The number of aliphatic hydroxyl groups is 1. The highest BCUT2D eigenvalue weighted by Crippen LogP contribution is 2.24. The van der Waals surface area contributed by atoms with E-state index in [2.05, 4.69) is 18.1 Å². The minimum Gasteiger partial charge on any atom is -0.392 e. The van der Waals surface area contributed by atoms with E-state index in [1.165, 1.54) is 12.1 Å². The third kappa shape index (κ3) is 3.61. The number of rotatable bonds is 6. The maximum atomic E-state index is 13.1. The maximum Gasteiger partial charge on any atom is 0.123 e. The van der Waals surface area contributed by atoms with Crippen molar-refractivity contribution >= 4 is 17.4 Å². The molecule has 0 saturated carbocycles. The summed E-state index contributed by atoms with van der Waals surface area (Å²) in [6.45, 7) is 2.01.